The van der Waals surface area contributed by atoms with Gasteiger partial charge in [-0.3, -0.25) is 14.3 Å². The molecular formula is C21H33N5O5S. The first kappa shape index (κ1) is 23.2. The number of carbonyl (C=O) groups excluding carboxylic acids is 2. The molecule has 0 radical (unpaired) electrons. The molecular weight excluding hydrogens is 434 g/mol. The van der Waals surface area contributed by atoms with Crippen molar-refractivity contribution in [2.75, 3.05) is 52.5 Å². The Kier molecular flexibility index (Phi) is 6.87. The van der Waals surface area contributed by atoms with Gasteiger partial charge in [0.25, 0.3) is 0 Å². The van der Waals surface area contributed by atoms with Crippen LogP contribution in [0.4, 0.5) is 0 Å². The highest BCUT2D eigenvalue weighted by atomic mass is 32.2. The Morgan fingerprint density at radius 3 is 2.38 bits per heavy atom. The number of nitrogens with zero attached hydrogens (tertiary/aromatic N) is 5. The third-order valence-corrected chi connectivity index (χ3v) is 8.83. The molecule has 1 atom stereocenters. The molecule has 0 saturated carbocycles. The van der Waals surface area contributed by atoms with E-state index in [-0.39, 0.29) is 35.7 Å². The molecule has 3 aliphatic heterocycles. The van der Waals surface area contributed by atoms with Crippen LogP contribution in [0.1, 0.15) is 37.1 Å². The van der Waals surface area contributed by atoms with Gasteiger partial charge in [-0.15, -0.1) is 0 Å². The number of morpholine rings is 1. The van der Waals surface area contributed by atoms with Crippen LogP contribution in [0.3, 0.4) is 0 Å². The molecule has 3 aliphatic rings. The van der Waals surface area contributed by atoms with Gasteiger partial charge in [0, 0.05) is 39.3 Å². The smallest absolute Gasteiger partial charge is 0.246 e. The molecule has 0 N–H and O–H groups in total. The van der Waals surface area contributed by atoms with Crippen LogP contribution in [0.15, 0.2) is 4.90 Å². The largest absolute Gasteiger partial charge is 0.378 e. The standard InChI is InChI=1S/C21H33N5O5S/c1-16-20(17(2)26(22-16)15-19(27)23-7-3-4-8-23)32(29,30)25-9-5-6-18(14-25)21(28)24-10-12-31-13-11-24/h18H,3-15H2,1-2H3/t18-/m1/s1. The fourth-order valence-electron chi connectivity index (χ4n) is 4.94. The molecule has 0 bridgehead atoms. The fraction of sp³-hybridized carbons (Fsp3) is 0.762. The summed E-state index contributed by atoms with van der Waals surface area (Å²) in [4.78, 5) is 29.2. The maximum Gasteiger partial charge on any atom is 0.246 e. The Labute approximate surface area is 189 Å². The quantitative estimate of drug-likeness (QED) is 0.620. The molecule has 3 saturated heterocycles. The van der Waals surface area contributed by atoms with Gasteiger partial charge < -0.3 is 14.5 Å². The van der Waals surface area contributed by atoms with Gasteiger partial charge in [-0.2, -0.15) is 9.40 Å². The van der Waals surface area contributed by atoms with E-state index < -0.39 is 10.0 Å². The minimum atomic E-state index is -3.82. The summed E-state index contributed by atoms with van der Waals surface area (Å²) in [6, 6.07) is 0. The van der Waals surface area contributed by atoms with Crippen LogP contribution >= 0.6 is 0 Å². The normalized spacial score (nSPS) is 23.0. The zero-order valence-corrected chi connectivity index (χ0v) is 19.8. The average Bonchev–Trinajstić information content (AvgIpc) is 3.42. The van der Waals surface area contributed by atoms with Crippen LogP contribution in [-0.4, -0.2) is 96.6 Å². The van der Waals surface area contributed by atoms with Crippen LogP contribution in [0.5, 0.6) is 0 Å². The summed E-state index contributed by atoms with van der Waals surface area (Å²) in [5.41, 5.74) is 0.857. The lowest BCUT2D eigenvalue weighted by Crippen LogP contribution is -2.49. The highest BCUT2D eigenvalue weighted by Crippen LogP contribution is 2.29. The highest BCUT2D eigenvalue weighted by Gasteiger charge is 2.38. The van der Waals surface area contributed by atoms with Gasteiger partial charge in [0.2, 0.25) is 21.8 Å². The second kappa shape index (κ2) is 9.48. The predicted octanol–water partition coefficient (Wildman–Crippen LogP) is 0.382. The molecule has 32 heavy (non-hydrogen) atoms. The minimum absolute atomic E-state index is 0.00792. The van der Waals surface area contributed by atoms with Crippen molar-refractivity contribution in [3.05, 3.63) is 11.4 Å². The number of carbonyl (C=O) groups is 2. The molecule has 0 unspecified atom stereocenters. The highest BCUT2D eigenvalue weighted by molar-refractivity contribution is 7.89. The van der Waals surface area contributed by atoms with Crippen molar-refractivity contribution in [3.63, 3.8) is 0 Å². The number of aromatic nitrogens is 2. The minimum Gasteiger partial charge on any atom is -0.378 e. The number of aryl methyl sites for hydroxylation is 1. The van der Waals surface area contributed by atoms with E-state index in [0.717, 1.165) is 25.9 Å². The lowest BCUT2D eigenvalue weighted by molar-refractivity contribution is -0.140. The van der Waals surface area contributed by atoms with Crippen molar-refractivity contribution < 1.29 is 22.7 Å². The summed E-state index contributed by atoms with van der Waals surface area (Å²) in [6.45, 7) is 7.60. The van der Waals surface area contributed by atoms with Gasteiger partial charge in [0.05, 0.1) is 30.5 Å². The molecule has 2 amide bonds. The summed E-state index contributed by atoms with van der Waals surface area (Å²) in [7, 11) is -3.82. The number of piperidine rings is 1. The molecule has 0 aromatic carbocycles. The number of ether oxygens (including phenoxy) is 1. The number of amides is 2. The maximum absolute atomic E-state index is 13.6. The van der Waals surface area contributed by atoms with Gasteiger partial charge in [0.1, 0.15) is 11.4 Å². The predicted molar refractivity (Wildman–Crippen MR) is 116 cm³/mol. The average molecular weight is 468 g/mol. The van der Waals surface area contributed by atoms with Crippen molar-refractivity contribution in [1.82, 2.24) is 23.9 Å². The van der Waals surface area contributed by atoms with Gasteiger partial charge in [-0.1, -0.05) is 0 Å². The number of rotatable bonds is 5. The second-order valence-corrected chi connectivity index (χ2v) is 10.8. The second-order valence-electron chi connectivity index (χ2n) is 8.89. The van der Waals surface area contributed by atoms with E-state index in [1.165, 1.54) is 8.99 Å². The van der Waals surface area contributed by atoms with Gasteiger partial charge in [0.15, 0.2) is 0 Å². The summed E-state index contributed by atoms with van der Waals surface area (Å²) < 4.78 is 35.4. The van der Waals surface area contributed by atoms with Crippen molar-refractivity contribution in [3.8, 4) is 0 Å². The van der Waals surface area contributed by atoms with Crippen molar-refractivity contribution in [2.45, 2.75) is 51.0 Å². The monoisotopic (exact) mass is 467 g/mol. The van der Waals surface area contributed by atoms with Crippen LogP contribution in [0.25, 0.3) is 0 Å². The maximum atomic E-state index is 13.6. The third kappa shape index (κ3) is 4.55. The van der Waals surface area contributed by atoms with Gasteiger partial charge >= 0.3 is 0 Å². The molecule has 4 rings (SSSR count). The zero-order valence-electron chi connectivity index (χ0n) is 19.0. The molecule has 3 fully saturated rings. The summed E-state index contributed by atoms with van der Waals surface area (Å²) in [5, 5.41) is 4.38. The Bertz CT molecular complexity index is 963. The van der Waals surface area contributed by atoms with E-state index in [9.17, 15) is 18.0 Å². The first-order valence-corrected chi connectivity index (χ1v) is 12.9. The summed E-state index contributed by atoms with van der Waals surface area (Å²) in [5.74, 6) is -0.372. The number of likely N-dealkylation sites (tertiary alicyclic amines) is 1. The molecule has 178 valence electrons. The molecule has 4 heterocycles. The van der Waals surface area contributed by atoms with Crippen LogP contribution in [0, 0.1) is 19.8 Å². The van der Waals surface area contributed by atoms with Crippen molar-refractivity contribution >= 4 is 21.8 Å². The molecule has 11 heteroatoms. The number of sulfonamides is 1. The lowest BCUT2D eigenvalue weighted by atomic mass is 9.98. The van der Waals surface area contributed by atoms with Crippen molar-refractivity contribution in [1.29, 1.82) is 0 Å². The number of hydrogen-bond donors (Lipinski definition) is 0. The van der Waals surface area contributed by atoms with E-state index >= 15 is 0 Å². The van der Waals surface area contributed by atoms with Crippen LogP contribution < -0.4 is 0 Å². The topological polar surface area (TPSA) is 105 Å². The molecule has 1 aromatic heterocycles. The SMILES string of the molecule is Cc1nn(CC(=O)N2CCCC2)c(C)c1S(=O)(=O)N1CCC[C@@H](C(=O)N2CCOCC2)C1. The van der Waals surface area contributed by atoms with Crippen molar-refractivity contribution in [2.24, 2.45) is 5.92 Å². The fourth-order valence-corrected chi connectivity index (χ4v) is 6.83. The Balaban J connectivity index is 1.50. The molecule has 0 aliphatic carbocycles. The lowest BCUT2D eigenvalue weighted by Gasteiger charge is -2.35. The summed E-state index contributed by atoms with van der Waals surface area (Å²) >= 11 is 0. The zero-order chi connectivity index (χ0) is 22.9. The molecule has 1 aromatic rings. The Hall–Kier alpha value is -1.98. The summed E-state index contributed by atoms with van der Waals surface area (Å²) in [6.07, 6.45) is 3.33. The van der Waals surface area contributed by atoms with Crippen LogP contribution in [-0.2, 0) is 30.9 Å². The van der Waals surface area contributed by atoms with E-state index in [1.807, 2.05) is 0 Å². The molecule has 0 spiro atoms. The van der Waals surface area contributed by atoms with E-state index in [1.54, 1.807) is 23.6 Å². The third-order valence-electron chi connectivity index (χ3n) is 6.71. The van der Waals surface area contributed by atoms with Gasteiger partial charge in [-0.25, -0.2) is 8.42 Å². The van der Waals surface area contributed by atoms with Crippen LogP contribution in [0.2, 0.25) is 0 Å². The van der Waals surface area contributed by atoms with E-state index in [2.05, 4.69) is 5.10 Å². The first-order chi connectivity index (χ1) is 15.3. The molecule has 10 nitrogen and oxygen atoms in total. The van der Waals surface area contributed by atoms with E-state index in [0.29, 0.717) is 57.1 Å². The Morgan fingerprint density at radius 2 is 1.69 bits per heavy atom. The first-order valence-electron chi connectivity index (χ1n) is 11.5. The van der Waals surface area contributed by atoms with Gasteiger partial charge in [-0.05, 0) is 39.5 Å². The Morgan fingerprint density at radius 1 is 1.00 bits per heavy atom. The number of hydrogen-bond acceptors (Lipinski definition) is 6. The van der Waals surface area contributed by atoms with E-state index in [4.69, 9.17) is 4.74 Å².